The Morgan fingerprint density at radius 2 is 1.62 bits per heavy atom. The van der Waals surface area contributed by atoms with Crippen LogP contribution in [0.2, 0.25) is 0 Å². The molecule has 3 aromatic rings. The molecule has 0 radical (unpaired) electrons. The molecular weight excluding hydrogens is 386 g/mol. The standard InChI is InChI=1S/C23H23NO4S/c1-23(2,3)16-9-5-14(6-10-16)18-13-29-21(19(18)22(26)27)24-20(25)15-7-11-17(28-4)12-8-15/h5-13H,1-4H3,(H,24,25)(H,26,27). The topological polar surface area (TPSA) is 75.6 Å². The molecule has 0 aliphatic rings. The van der Waals surface area contributed by atoms with Crippen LogP contribution in [0.25, 0.3) is 11.1 Å². The average molecular weight is 410 g/mol. The Hall–Kier alpha value is -3.12. The SMILES string of the molecule is COc1ccc(C(=O)Nc2scc(-c3ccc(C(C)(C)C)cc3)c2C(=O)O)cc1. The first-order valence-electron chi connectivity index (χ1n) is 9.12. The van der Waals surface area contributed by atoms with Gasteiger partial charge in [0.05, 0.1) is 7.11 Å². The minimum Gasteiger partial charge on any atom is -0.497 e. The van der Waals surface area contributed by atoms with Gasteiger partial charge in [-0.3, -0.25) is 4.79 Å². The van der Waals surface area contributed by atoms with Crippen LogP contribution in [0.15, 0.2) is 53.9 Å². The molecule has 1 amide bonds. The lowest BCUT2D eigenvalue weighted by atomic mass is 9.86. The minimum absolute atomic E-state index is 0.0142. The lowest BCUT2D eigenvalue weighted by Crippen LogP contribution is -2.13. The molecule has 5 nitrogen and oxygen atoms in total. The number of nitrogens with one attached hydrogen (secondary N) is 1. The maximum atomic E-state index is 12.6. The average Bonchev–Trinajstić information content (AvgIpc) is 3.11. The van der Waals surface area contributed by atoms with Crippen LogP contribution in [0.1, 0.15) is 47.1 Å². The molecule has 0 bridgehead atoms. The summed E-state index contributed by atoms with van der Waals surface area (Å²) in [5.41, 5.74) is 3.10. The van der Waals surface area contributed by atoms with Crippen molar-refractivity contribution in [2.45, 2.75) is 26.2 Å². The number of amides is 1. The molecule has 2 N–H and O–H groups in total. The molecule has 3 rings (SSSR count). The highest BCUT2D eigenvalue weighted by molar-refractivity contribution is 7.15. The van der Waals surface area contributed by atoms with E-state index in [-0.39, 0.29) is 16.9 Å². The first-order chi connectivity index (χ1) is 13.7. The fourth-order valence-electron chi connectivity index (χ4n) is 2.94. The Morgan fingerprint density at radius 3 is 2.14 bits per heavy atom. The monoisotopic (exact) mass is 409 g/mol. The molecule has 1 heterocycles. The van der Waals surface area contributed by atoms with E-state index in [4.69, 9.17) is 4.74 Å². The zero-order valence-electron chi connectivity index (χ0n) is 16.8. The van der Waals surface area contributed by atoms with Gasteiger partial charge >= 0.3 is 5.97 Å². The number of carbonyl (C=O) groups is 2. The highest BCUT2D eigenvalue weighted by Crippen LogP contribution is 2.36. The van der Waals surface area contributed by atoms with Gasteiger partial charge in [-0.2, -0.15) is 0 Å². The summed E-state index contributed by atoms with van der Waals surface area (Å²) in [5.74, 6) is -0.803. The molecule has 0 spiro atoms. The molecule has 0 fully saturated rings. The second-order valence-corrected chi connectivity index (χ2v) is 8.55. The van der Waals surface area contributed by atoms with E-state index in [0.717, 1.165) is 5.56 Å². The molecule has 1 aromatic heterocycles. The first kappa shape index (κ1) is 20.6. The molecule has 0 saturated carbocycles. The van der Waals surface area contributed by atoms with Crippen LogP contribution < -0.4 is 10.1 Å². The molecule has 29 heavy (non-hydrogen) atoms. The predicted molar refractivity (Wildman–Crippen MR) is 116 cm³/mol. The van der Waals surface area contributed by atoms with E-state index in [1.807, 2.05) is 24.3 Å². The first-order valence-corrected chi connectivity index (χ1v) is 10.00. The van der Waals surface area contributed by atoms with Crippen LogP contribution in [0, 0.1) is 0 Å². The Kier molecular flexibility index (Phi) is 5.75. The normalized spacial score (nSPS) is 11.2. The van der Waals surface area contributed by atoms with Gasteiger partial charge in [-0.25, -0.2) is 4.79 Å². The van der Waals surface area contributed by atoms with Crippen molar-refractivity contribution in [3.05, 3.63) is 70.6 Å². The summed E-state index contributed by atoms with van der Waals surface area (Å²) in [5, 5.41) is 14.6. The van der Waals surface area contributed by atoms with Gasteiger partial charge in [0.2, 0.25) is 0 Å². The Bertz CT molecular complexity index is 1030. The van der Waals surface area contributed by atoms with Crippen LogP contribution in [0.5, 0.6) is 5.75 Å². The summed E-state index contributed by atoms with van der Waals surface area (Å²) < 4.78 is 5.09. The number of hydrogen-bond acceptors (Lipinski definition) is 4. The fraction of sp³-hybridized carbons (Fsp3) is 0.217. The number of anilines is 1. The van der Waals surface area contributed by atoms with Gasteiger partial charge < -0.3 is 15.2 Å². The predicted octanol–water partition coefficient (Wildman–Crippen LogP) is 5.67. The van der Waals surface area contributed by atoms with Crippen LogP contribution >= 0.6 is 11.3 Å². The molecule has 150 valence electrons. The third-order valence-corrected chi connectivity index (χ3v) is 5.54. The smallest absolute Gasteiger partial charge is 0.339 e. The summed E-state index contributed by atoms with van der Waals surface area (Å²) in [4.78, 5) is 24.5. The van der Waals surface area contributed by atoms with Gasteiger partial charge in [0.15, 0.2) is 0 Å². The van der Waals surface area contributed by atoms with Gasteiger partial charge in [-0.15, -0.1) is 11.3 Å². The number of ether oxygens (including phenoxy) is 1. The van der Waals surface area contributed by atoms with E-state index in [0.29, 0.717) is 21.9 Å². The number of carboxylic acid groups (broad SMARTS) is 1. The largest absolute Gasteiger partial charge is 0.497 e. The van der Waals surface area contributed by atoms with E-state index in [9.17, 15) is 14.7 Å². The van der Waals surface area contributed by atoms with Crippen LogP contribution in [-0.2, 0) is 5.41 Å². The Morgan fingerprint density at radius 1 is 1.00 bits per heavy atom. The zero-order valence-corrected chi connectivity index (χ0v) is 17.6. The van der Waals surface area contributed by atoms with Crippen molar-refractivity contribution in [2.75, 3.05) is 12.4 Å². The molecule has 0 unspecified atom stereocenters. The highest BCUT2D eigenvalue weighted by Gasteiger charge is 2.22. The second-order valence-electron chi connectivity index (χ2n) is 7.67. The molecule has 0 aliphatic carbocycles. The van der Waals surface area contributed by atoms with Crippen molar-refractivity contribution in [1.29, 1.82) is 0 Å². The van der Waals surface area contributed by atoms with Gasteiger partial charge in [0.1, 0.15) is 16.3 Å². The number of rotatable bonds is 5. The van der Waals surface area contributed by atoms with E-state index < -0.39 is 5.97 Å². The summed E-state index contributed by atoms with van der Waals surface area (Å²) in [6, 6.07) is 14.5. The number of aromatic carboxylic acids is 1. The molecule has 6 heteroatoms. The third-order valence-electron chi connectivity index (χ3n) is 4.65. The number of benzene rings is 2. The fourth-order valence-corrected chi connectivity index (χ4v) is 3.90. The zero-order chi connectivity index (χ0) is 21.2. The van der Waals surface area contributed by atoms with E-state index in [1.165, 1.54) is 16.9 Å². The molecule has 0 aliphatic heterocycles. The third kappa shape index (κ3) is 4.49. The maximum absolute atomic E-state index is 12.6. The quantitative estimate of drug-likeness (QED) is 0.569. The minimum atomic E-state index is -1.08. The summed E-state index contributed by atoms with van der Waals surface area (Å²) >= 11 is 1.20. The van der Waals surface area contributed by atoms with Gasteiger partial charge in [-0.1, -0.05) is 45.0 Å². The highest BCUT2D eigenvalue weighted by atomic mass is 32.1. The Labute approximate surface area is 174 Å². The number of carboxylic acids is 1. The van der Waals surface area contributed by atoms with Crippen molar-refractivity contribution >= 4 is 28.2 Å². The molecule has 2 aromatic carbocycles. The van der Waals surface area contributed by atoms with Crippen molar-refractivity contribution in [3.63, 3.8) is 0 Å². The van der Waals surface area contributed by atoms with Crippen LogP contribution in [0.3, 0.4) is 0 Å². The van der Waals surface area contributed by atoms with Crippen molar-refractivity contribution in [1.82, 2.24) is 0 Å². The molecule has 0 saturated heterocycles. The Balaban J connectivity index is 1.90. The molecular formula is C23H23NO4S. The van der Waals surface area contributed by atoms with Crippen LogP contribution in [-0.4, -0.2) is 24.1 Å². The van der Waals surface area contributed by atoms with Crippen molar-refractivity contribution < 1.29 is 19.4 Å². The summed E-state index contributed by atoms with van der Waals surface area (Å²) in [6.45, 7) is 6.38. The summed E-state index contributed by atoms with van der Waals surface area (Å²) in [6.07, 6.45) is 0. The molecule has 0 atom stereocenters. The van der Waals surface area contributed by atoms with Gasteiger partial charge in [0, 0.05) is 16.5 Å². The van der Waals surface area contributed by atoms with Gasteiger partial charge in [-0.05, 0) is 40.8 Å². The van der Waals surface area contributed by atoms with Crippen LogP contribution in [0.4, 0.5) is 5.00 Å². The lowest BCUT2D eigenvalue weighted by molar-refractivity contribution is 0.0699. The van der Waals surface area contributed by atoms with E-state index in [2.05, 4.69) is 26.1 Å². The number of methoxy groups -OCH3 is 1. The van der Waals surface area contributed by atoms with E-state index in [1.54, 1.807) is 36.8 Å². The van der Waals surface area contributed by atoms with Crippen molar-refractivity contribution in [3.8, 4) is 16.9 Å². The van der Waals surface area contributed by atoms with Gasteiger partial charge in [0.25, 0.3) is 5.91 Å². The second kappa shape index (κ2) is 8.09. The number of thiophene rings is 1. The number of carbonyl (C=O) groups excluding carboxylic acids is 1. The summed E-state index contributed by atoms with van der Waals surface area (Å²) in [7, 11) is 1.55. The number of hydrogen-bond donors (Lipinski definition) is 2. The van der Waals surface area contributed by atoms with E-state index >= 15 is 0 Å². The maximum Gasteiger partial charge on any atom is 0.339 e. The van der Waals surface area contributed by atoms with Crippen molar-refractivity contribution in [2.24, 2.45) is 0 Å². The lowest BCUT2D eigenvalue weighted by Gasteiger charge is -2.19.